The van der Waals surface area contributed by atoms with E-state index in [2.05, 4.69) is 20.3 Å². The Morgan fingerprint density at radius 1 is 1.26 bits per heavy atom. The fourth-order valence-corrected chi connectivity index (χ4v) is 1.96. The lowest BCUT2D eigenvalue weighted by Gasteiger charge is -2.08. The minimum Gasteiger partial charge on any atom is -0.370 e. The van der Waals surface area contributed by atoms with E-state index in [0.29, 0.717) is 11.5 Å². The number of pyridine rings is 1. The molecule has 0 saturated heterocycles. The van der Waals surface area contributed by atoms with Crippen LogP contribution in [0.5, 0.6) is 0 Å². The van der Waals surface area contributed by atoms with Gasteiger partial charge in [-0.25, -0.2) is 14.4 Å². The van der Waals surface area contributed by atoms with Crippen molar-refractivity contribution in [2.24, 2.45) is 0 Å². The topological polar surface area (TPSA) is 50.7 Å². The minimum atomic E-state index is -0.353. The molecule has 0 radical (unpaired) electrons. The van der Waals surface area contributed by atoms with E-state index < -0.39 is 0 Å². The summed E-state index contributed by atoms with van der Waals surface area (Å²) >= 11 is 0. The lowest BCUT2D eigenvalue weighted by atomic mass is 10.2. The first-order valence-electron chi connectivity index (χ1n) is 6.50. The van der Waals surface area contributed by atoms with E-state index in [1.807, 2.05) is 13.0 Å². The molecule has 1 fully saturated rings. The predicted molar refractivity (Wildman–Crippen MR) is 71.4 cm³/mol. The molecule has 0 unspecified atom stereocenters. The van der Waals surface area contributed by atoms with Gasteiger partial charge in [0, 0.05) is 30.3 Å². The first-order chi connectivity index (χ1) is 9.26. The second kappa shape index (κ2) is 4.91. The summed E-state index contributed by atoms with van der Waals surface area (Å²) in [6, 6.07) is 3.29. The molecule has 1 N–H and O–H groups in total. The molecular formula is C14H15FN4. The number of nitrogens with one attached hydrogen (secondary N) is 1. The zero-order valence-corrected chi connectivity index (χ0v) is 10.7. The molecule has 0 bridgehead atoms. The average molecular weight is 258 g/mol. The fraction of sp³-hybridized carbons (Fsp3) is 0.357. The quantitative estimate of drug-likeness (QED) is 0.916. The van der Waals surface area contributed by atoms with Crippen molar-refractivity contribution in [2.45, 2.75) is 25.7 Å². The number of hydrogen-bond acceptors (Lipinski definition) is 4. The van der Waals surface area contributed by atoms with Gasteiger partial charge in [-0.05, 0) is 25.8 Å². The molecule has 0 atom stereocenters. The van der Waals surface area contributed by atoms with Gasteiger partial charge < -0.3 is 5.32 Å². The number of hydrogen-bond donors (Lipinski definition) is 1. The second-order valence-corrected chi connectivity index (χ2v) is 4.69. The van der Waals surface area contributed by atoms with Crippen molar-refractivity contribution in [1.29, 1.82) is 0 Å². The van der Waals surface area contributed by atoms with Crippen LogP contribution in [0.25, 0.3) is 11.3 Å². The summed E-state index contributed by atoms with van der Waals surface area (Å²) < 4.78 is 13.3. The second-order valence-electron chi connectivity index (χ2n) is 4.69. The van der Waals surface area contributed by atoms with Crippen LogP contribution < -0.4 is 5.32 Å². The first kappa shape index (κ1) is 12.0. The van der Waals surface area contributed by atoms with Gasteiger partial charge in [-0.3, -0.25) is 4.98 Å². The van der Waals surface area contributed by atoms with Crippen molar-refractivity contribution >= 4 is 5.82 Å². The molecule has 2 aromatic heterocycles. The maximum atomic E-state index is 13.3. The zero-order valence-electron chi connectivity index (χ0n) is 10.7. The van der Waals surface area contributed by atoms with Gasteiger partial charge in [0.15, 0.2) is 0 Å². The Labute approximate surface area is 111 Å². The fourth-order valence-electron chi connectivity index (χ4n) is 1.96. The van der Waals surface area contributed by atoms with E-state index in [0.717, 1.165) is 36.7 Å². The van der Waals surface area contributed by atoms with Gasteiger partial charge in [0.25, 0.3) is 0 Å². The van der Waals surface area contributed by atoms with Gasteiger partial charge in [-0.1, -0.05) is 0 Å². The van der Waals surface area contributed by atoms with Gasteiger partial charge in [0.05, 0.1) is 11.9 Å². The largest absolute Gasteiger partial charge is 0.370 e. The molecule has 2 aromatic rings. The highest BCUT2D eigenvalue weighted by Crippen LogP contribution is 2.39. The lowest BCUT2D eigenvalue weighted by molar-refractivity contribution is 0.622. The number of rotatable bonds is 4. The number of aromatic nitrogens is 3. The Hall–Kier alpha value is -2.04. The summed E-state index contributed by atoms with van der Waals surface area (Å²) in [6.07, 6.45) is 5.09. The van der Waals surface area contributed by atoms with Crippen LogP contribution in [0.15, 0.2) is 24.5 Å². The van der Waals surface area contributed by atoms with Crippen LogP contribution in [0.1, 0.15) is 31.5 Å². The third kappa shape index (κ3) is 2.70. The van der Waals surface area contributed by atoms with E-state index >= 15 is 0 Å². The van der Waals surface area contributed by atoms with Crippen LogP contribution in [-0.2, 0) is 0 Å². The molecule has 3 rings (SSSR count). The van der Waals surface area contributed by atoms with Crippen molar-refractivity contribution in [3.63, 3.8) is 0 Å². The van der Waals surface area contributed by atoms with E-state index in [4.69, 9.17) is 0 Å². The molecule has 0 aliphatic heterocycles. The van der Waals surface area contributed by atoms with E-state index in [1.165, 1.54) is 12.3 Å². The number of anilines is 1. The predicted octanol–water partition coefficient (Wildman–Crippen LogP) is 2.99. The van der Waals surface area contributed by atoms with Crippen molar-refractivity contribution in [3.05, 3.63) is 36.2 Å². The molecule has 0 spiro atoms. The molecule has 1 saturated carbocycles. The molecule has 5 heteroatoms. The smallest absolute Gasteiger partial charge is 0.142 e. The monoisotopic (exact) mass is 258 g/mol. The van der Waals surface area contributed by atoms with Crippen LogP contribution in [0, 0.1) is 5.82 Å². The Morgan fingerprint density at radius 2 is 2.11 bits per heavy atom. The molecule has 19 heavy (non-hydrogen) atoms. The van der Waals surface area contributed by atoms with Crippen LogP contribution >= 0.6 is 0 Å². The normalized spacial score (nSPS) is 14.4. The summed E-state index contributed by atoms with van der Waals surface area (Å²) in [4.78, 5) is 12.9. The standard InChI is InChI=1S/C14H15FN4/c1-2-17-13-6-12(10-5-11(15)8-16-7-10)18-14(19-13)9-3-4-9/h5-9H,2-4H2,1H3,(H,17,18,19). The van der Waals surface area contributed by atoms with Crippen molar-refractivity contribution < 1.29 is 4.39 Å². The minimum absolute atomic E-state index is 0.353. The first-order valence-corrected chi connectivity index (χ1v) is 6.50. The summed E-state index contributed by atoms with van der Waals surface area (Å²) in [5, 5.41) is 3.19. The molecule has 1 aliphatic rings. The maximum Gasteiger partial charge on any atom is 0.142 e. The Balaban J connectivity index is 2.03. The molecular weight excluding hydrogens is 243 g/mol. The Kier molecular flexibility index (Phi) is 3.11. The van der Waals surface area contributed by atoms with Crippen LogP contribution in [0.3, 0.4) is 0 Å². The number of halogens is 1. The van der Waals surface area contributed by atoms with E-state index in [9.17, 15) is 4.39 Å². The Bertz CT molecular complexity index is 596. The summed E-state index contributed by atoms with van der Waals surface area (Å²) in [5.74, 6) is 1.74. The maximum absolute atomic E-state index is 13.3. The highest BCUT2D eigenvalue weighted by molar-refractivity contribution is 5.61. The van der Waals surface area contributed by atoms with Crippen molar-refractivity contribution in [3.8, 4) is 11.3 Å². The van der Waals surface area contributed by atoms with Crippen molar-refractivity contribution in [1.82, 2.24) is 15.0 Å². The molecule has 0 amide bonds. The van der Waals surface area contributed by atoms with Gasteiger partial charge in [0.1, 0.15) is 17.5 Å². The molecule has 4 nitrogen and oxygen atoms in total. The molecule has 1 aliphatic carbocycles. The van der Waals surface area contributed by atoms with E-state index in [1.54, 1.807) is 6.20 Å². The lowest BCUT2D eigenvalue weighted by Crippen LogP contribution is -2.04. The molecule has 98 valence electrons. The number of nitrogens with zero attached hydrogens (tertiary/aromatic N) is 3. The van der Waals surface area contributed by atoms with Crippen LogP contribution in [0.2, 0.25) is 0 Å². The highest BCUT2D eigenvalue weighted by atomic mass is 19.1. The summed E-state index contributed by atoms with van der Waals surface area (Å²) in [7, 11) is 0. The highest BCUT2D eigenvalue weighted by Gasteiger charge is 2.27. The Morgan fingerprint density at radius 3 is 2.79 bits per heavy atom. The van der Waals surface area contributed by atoms with Gasteiger partial charge in [0.2, 0.25) is 0 Å². The SMILES string of the molecule is CCNc1cc(-c2cncc(F)c2)nc(C2CC2)n1. The summed E-state index contributed by atoms with van der Waals surface area (Å²) in [5.41, 5.74) is 1.41. The van der Waals surface area contributed by atoms with E-state index in [-0.39, 0.29) is 5.82 Å². The third-order valence-corrected chi connectivity index (χ3v) is 3.04. The average Bonchev–Trinajstić information content (AvgIpc) is 3.23. The molecule has 0 aromatic carbocycles. The third-order valence-electron chi connectivity index (χ3n) is 3.04. The van der Waals surface area contributed by atoms with Crippen LogP contribution in [0.4, 0.5) is 10.2 Å². The summed E-state index contributed by atoms with van der Waals surface area (Å²) in [6.45, 7) is 2.81. The van der Waals surface area contributed by atoms with Crippen molar-refractivity contribution in [2.75, 3.05) is 11.9 Å². The van der Waals surface area contributed by atoms with Crippen LogP contribution in [-0.4, -0.2) is 21.5 Å². The zero-order chi connectivity index (χ0) is 13.2. The molecule has 2 heterocycles. The van der Waals surface area contributed by atoms with Gasteiger partial charge >= 0.3 is 0 Å². The van der Waals surface area contributed by atoms with Gasteiger partial charge in [-0.15, -0.1) is 0 Å². The van der Waals surface area contributed by atoms with Gasteiger partial charge in [-0.2, -0.15) is 0 Å².